The highest BCUT2D eigenvalue weighted by Crippen LogP contribution is 2.40. The van der Waals surface area contributed by atoms with Crippen LogP contribution in [0.5, 0.6) is 11.6 Å². The van der Waals surface area contributed by atoms with Crippen LogP contribution in [0.3, 0.4) is 0 Å². The molecule has 4 rings (SSSR count). The minimum Gasteiger partial charge on any atom is -0.485 e. The molecule has 38 heavy (non-hydrogen) atoms. The zero-order valence-electron chi connectivity index (χ0n) is 22.5. The van der Waals surface area contributed by atoms with Crippen LogP contribution in [0.25, 0.3) is 11.4 Å². The maximum atomic E-state index is 13.8. The van der Waals surface area contributed by atoms with Gasteiger partial charge in [0, 0.05) is 25.7 Å². The van der Waals surface area contributed by atoms with Gasteiger partial charge in [-0.25, -0.2) is 23.4 Å². The Morgan fingerprint density at radius 3 is 2.55 bits per heavy atom. The van der Waals surface area contributed by atoms with Crippen molar-refractivity contribution in [1.82, 2.24) is 29.7 Å². The largest absolute Gasteiger partial charge is 0.485 e. The van der Waals surface area contributed by atoms with E-state index in [0.29, 0.717) is 35.4 Å². The third kappa shape index (κ3) is 5.79. The number of hydrogen-bond acceptors (Lipinski definition) is 11. The van der Waals surface area contributed by atoms with E-state index in [4.69, 9.17) is 18.9 Å². The van der Waals surface area contributed by atoms with Crippen LogP contribution in [0.2, 0.25) is 0 Å². The van der Waals surface area contributed by atoms with Crippen molar-refractivity contribution in [3.05, 3.63) is 41.9 Å². The predicted molar refractivity (Wildman–Crippen MR) is 139 cm³/mol. The average molecular weight is 547 g/mol. The van der Waals surface area contributed by atoms with Crippen molar-refractivity contribution < 1.29 is 27.4 Å². The number of fused-ring (bicyclic) bond motifs is 3. The summed E-state index contributed by atoms with van der Waals surface area (Å²) in [5.41, 5.74) is 1.48. The molecule has 0 aliphatic carbocycles. The highest BCUT2D eigenvalue weighted by atomic mass is 32.2. The minimum atomic E-state index is -3.81. The molecule has 0 fully saturated rings. The Labute approximate surface area is 222 Å². The number of hydrogen-bond donors (Lipinski definition) is 0. The molecule has 0 bridgehead atoms. The predicted octanol–water partition coefficient (Wildman–Crippen LogP) is 2.89. The fourth-order valence-corrected chi connectivity index (χ4v) is 5.65. The number of aryl methyl sites for hydroxylation is 1. The normalized spacial score (nSPS) is 16.8. The molecule has 0 unspecified atom stereocenters. The lowest BCUT2D eigenvalue weighted by Crippen LogP contribution is -2.32. The zero-order valence-corrected chi connectivity index (χ0v) is 23.3. The van der Waals surface area contributed by atoms with Gasteiger partial charge in [-0.15, -0.1) is 10.2 Å². The molecule has 0 radical (unpaired) electrons. The number of rotatable bonds is 11. The third-order valence-corrected chi connectivity index (χ3v) is 8.14. The van der Waals surface area contributed by atoms with Crippen molar-refractivity contribution >= 4 is 9.84 Å². The van der Waals surface area contributed by atoms with Crippen LogP contribution < -0.4 is 9.47 Å². The van der Waals surface area contributed by atoms with Crippen LogP contribution >= 0.6 is 0 Å². The molecule has 0 spiro atoms. The number of sulfone groups is 1. The molecular weight excluding hydrogens is 512 g/mol. The van der Waals surface area contributed by atoms with E-state index in [1.54, 1.807) is 43.3 Å². The second-order valence-electron chi connectivity index (χ2n) is 9.39. The van der Waals surface area contributed by atoms with Gasteiger partial charge in [-0.2, -0.15) is 0 Å². The molecule has 12 nitrogen and oxygen atoms in total. The third-order valence-electron chi connectivity index (χ3n) is 6.10. The number of aromatic nitrogens is 6. The molecular formula is C25H34N6O6S. The van der Waals surface area contributed by atoms with E-state index >= 15 is 0 Å². The van der Waals surface area contributed by atoms with Crippen molar-refractivity contribution in [1.29, 1.82) is 0 Å². The summed E-state index contributed by atoms with van der Waals surface area (Å²) in [4.78, 5) is 13.0. The van der Waals surface area contributed by atoms with Crippen LogP contribution in [0.4, 0.5) is 0 Å². The Morgan fingerprint density at radius 1 is 1.16 bits per heavy atom. The van der Waals surface area contributed by atoms with Gasteiger partial charge >= 0.3 is 0 Å². The summed E-state index contributed by atoms with van der Waals surface area (Å²) in [5, 5.41) is 7.72. The first kappa shape index (κ1) is 27.9. The smallest absolute Gasteiger partial charge is 0.257 e. The minimum absolute atomic E-state index is 0.191. The van der Waals surface area contributed by atoms with Gasteiger partial charge in [0.2, 0.25) is 0 Å². The van der Waals surface area contributed by atoms with E-state index in [1.165, 1.54) is 0 Å². The van der Waals surface area contributed by atoms with Gasteiger partial charge in [0.1, 0.15) is 24.3 Å². The molecule has 1 aliphatic heterocycles. The summed E-state index contributed by atoms with van der Waals surface area (Å²) in [5.74, 6) is 1.45. The van der Waals surface area contributed by atoms with Gasteiger partial charge < -0.3 is 23.5 Å². The first-order chi connectivity index (χ1) is 18.2. The van der Waals surface area contributed by atoms with Crippen molar-refractivity contribution in [2.75, 3.05) is 26.9 Å². The Bertz CT molecular complexity index is 1340. The molecule has 3 aromatic heterocycles. The molecule has 3 aromatic rings. The van der Waals surface area contributed by atoms with E-state index in [1.807, 2.05) is 27.7 Å². The van der Waals surface area contributed by atoms with E-state index in [2.05, 4.69) is 25.1 Å². The first-order valence-electron chi connectivity index (χ1n) is 12.5. The average Bonchev–Trinajstić information content (AvgIpc) is 3.20. The van der Waals surface area contributed by atoms with Crippen molar-refractivity contribution in [2.24, 2.45) is 0 Å². The molecule has 13 heteroatoms. The SMILES string of the molecule is CCOc1nccc2c1OC[C@@H](COC)n1c(CS(=O)(=O)[C@@H](C)[C@@H](OC(C)C)c3ncc(C)cn3)nnc1-2. The van der Waals surface area contributed by atoms with Gasteiger partial charge in [0.25, 0.3) is 5.88 Å². The van der Waals surface area contributed by atoms with Crippen molar-refractivity contribution in [3.63, 3.8) is 0 Å². The number of ether oxygens (including phenoxy) is 4. The Balaban J connectivity index is 1.72. The lowest BCUT2D eigenvalue weighted by molar-refractivity contribution is 0.00140. The maximum Gasteiger partial charge on any atom is 0.257 e. The molecule has 0 saturated heterocycles. The van der Waals surface area contributed by atoms with Gasteiger partial charge in [-0.1, -0.05) is 0 Å². The topological polar surface area (TPSA) is 140 Å². The van der Waals surface area contributed by atoms with E-state index in [-0.39, 0.29) is 36.9 Å². The molecule has 0 aromatic carbocycles. The van der Waals surface area contributed by atoms with Gasteiger partial charge in [-0.3, -0.25) is 0 Å². The van der Waals surface area contributed by atoms with E-state index < -0.39 is 21.2 Å². The fraction of sp³-hybridized carbons (Fsp3) is 0.560. The second kappa shape index (κ2) is 11.7. The highest BCUT2D eigenvalue weighted by Gasteiger charge is 2.37. The highest BCUT2D eigenvalue weighted by molar-refractivity contribution is 7.91. The van der Waals surface area contributed by atoms with Crippen molar-refractivity contribution in [2.45, 2.75) is 63.9 Å². The fourth-order valence-electron chi connectivity index (χ4n) is 4.27. The molecule has 206 valence electrons. The lowest BCUT2D eigenvalue weighted by Gasteiger charge is -2.25. The summed E-state index contributed by atoms with van der Waals surface area (Å²) in [6, 6.07) is 1.37. The quantitative estimate of drug-likeness (QED) is 0.350. The van der Waals surface area contributed by atoms with Gasteiger partial charge in [0.15, 0.2) is 27.2 Å². The van der Waals surface area contributed by atoms with E-state index in [0.717, 1.165) is 5.56 Å². The molecule has 1 aliphatic rings. The monoisotopic (exact) mass is 546 g/mol. The second-order valence-corrected chi connectivity index (χ2v) is 11.8. The van der Waals surface area contributed by atoms with Crippen LogP contribution in [0.15, 0.2) is 24.7 Å². The van der Waals surface area contributed by atoms with Crippen LogP contribution in [-0.2, 0) is 25.1 Å². The molecule has 4 heterocycles. The standard InChI is InChI=1S/C25H34N6O6S/c1-7-35-25-22-19(8-9-26-25)24-30-29-20(31(24)18(12-34-6)13-36-22)14-38(32,33)17(5)21(37-15(2)3)23-27-10-16(4)11-28-23/h8-11,15,17-18,21H,7,12-14H2,1-6H3/t17-,18+,21+/m0/s1. The van der Waals surface area contributed by atoms with Crippen LogP contribution in [0.1, 0.15) is 57.1 Å². The molecule has 0 saturated carbocycles. The summed E-state index contributed by atoms with van der Waals surface area (Å²) in [6.45, 7) is 9.88. The zero-order chi connectivity index (χ0) is 27.4. The summed E-state index contributed by atoms with van der Waals surface area (Å²) in [7, 11) is -2.24. The lowest BCUT2D eigenvalue weighted by atomic mass is 10.2. The van der Waals surface area contributed by atoms with Gasteiger partial charge in [0.05, 0.1) is 36.2 Å². The van der Waals surface area contributed by atoms with Crippen molar-refractivity contribution in [3.8, 4) is 23.0 Å². The Kier molecular flexibility index (Phi) is 8.58. The summed E-state index contributed by atoms with van der Waals surface area (Å²) >= 11 is 0. The van der Waals surface area contributed by atoms with Crippen LogP contribution in [-0.4, -0.2) is 76.4 Å². The molecule has 3 atom stereocenters. The number of nitrogens with zero attached hydrogens (tertiary/aromatic N) is 6. The van der Waals surface area contributed by atoms with Crippen LogP contribution in [0, 0.1) is 6.92 Å². The van der Waals surface area contributed by atoms with Gasteiger partial charge in [-0.05, 0) is 46.2 Å². The van der Waals surface area contributed by atoms with E-state index in [9.17, 15) is 8.42 Å². The summed E-state index contributed by atoms with van der Waals surface area (Å²) in [6.07, 6.45) is 3.80. The Hall–Kier alpha value is -3.16. The first-order valence-corrected chi connectivity index (χ1v) is 14.2. The number of methoxy groups -OCH3 is 1. The summed E-state index contributed by atoms with van der Waals surface area (Å²) < 4.78 is 52.5. The molecule has 0 N–H and O–H groups in total. The Morgan fingerprint density at radius 2 is 1.89 bits per heavy atom. The maximum absolute atomic E-state index is 13.8. The number of pyridine rings is 1. The molecule has 0 amide bonds.